The van der Waals surface area contributed by atoms with Crippen LogP contribution >= 0.6 is 0 Å². The SMILES string of the molecule is Cc1nccc(C(O)C2(CN)CCC(C)CC2)n1. The normalized spacial score (nSPS) is 30.1. The lowest BCUT2D eigenvalue weighted by atomic mass is 9.67. The maximum Gasteiger partial charge on any atom is 0.125 e. The van der Waals surface area contributed by atoms with Gasteiger partial charge in [-0.15, -0.1) is 0 Å². The van der Waals surface area contributed by atoms with Gasteiger partial charge in [-0.1, -0.05) is 19.8 Å². The van der Waals surface area contributed by atoms with Crippen molar-refractivity contribution in [2.45, 2.75) is 45.6 Å². The van der Waals surface area contributed by atoms with Gasteiger partial charge < -0.3 is 10.8 Å². The molecule has 1 unspecified atom stereocenters. The minimum absolute atomic E-state index is 0.201. The van der Waals surface area contributed by atoms with Crippen LogP contribution in [0, 0.1) is 18.3 Å². The third-order valence-electron chi connectivity index (χ3n) is 4.33. The van der Waals surface area contributed by atoms with Crippen molar-refractivity contribution < 1.29 is 5.11 Å². The van der Waals surface area contributed by atoms with E-state index in [-0.39, 0.29) is 5.41 Å². The molecule has 0 saturated heterocycles. The second-order valence-electron chi connectivity index (χ2n) is 5.68. The first-order valence-electron chi connectivity index (χ1n) is 6.75. The molecule has 1 saturated carbocycles. The molecule has 1 atom stereocenters. The molecule has 3 N–H and O–H groups in total. The Morgan fingerprint density at radius 3 is 2.72 bits per heavy atom. The van der Waals surface area contributed by atoms with E-state index in [9.17, 15) is 5.11 Å². The van der Waals surface area contributed by atoms with E-state index in [1.807, 2.05) is 6.92 Å². The maximum atomic E-state index is 10.6. The summed E-state index contributed by atoms with van der Waals surface area (Å²) in [5, 5.41) is 10.6. The minimum Gasteiger partial charge on any atom is -0.386 e. The predicted octanol–water partition coefficient (Wildman–Crippen LogP) is 1.97. The molecule has 2 rings (SSSR count). The molecule has 0 aliphatic heterocycles. The molecule has 4 heteroatoms. The monoisotopic (exact) mass is 249 g/mol. The van der Waals surface area contributed by atoms with Gasteiger partial charge in [0.1, 0.15) is 11.9 Å². The van der Waals surface area contributed by atoms with Gasteiger partial charge in [-0.05, 0) is 31.7 Å². The summed E-state index contributed by atoms with van der Waals surface area (Å²) in [7, 11) is 0. The number of hydrogen-bond donors (Lipinski definition) is 2. The second-order valence-corrected chi connectivity index (χ2v) is 5.68. The number of nitrogens with two attached hydrogens (primary N) is 1. The van der Waals surface area contributed by atoms with Gasteiger partial charge in [0.2, 0.25) is 0 Å². The summed E-state index contributed by atoms with van der Waals surface area (Å²) in [6.45, 7) is 4.62. The molecule has 0 aromatic carbocycles. The Balaban J connectivity index is 2.22. The summed E-state index contributed by atoms with van der Waals surface area (Å²) >= 11 is 0. The van der Waals surface area contributed by atoms with E-state index in [4.69, 9.17) is 5.73 Å². The molecule has 18 heavy (non-hydrogen) atoms. The van der Waals surface area contributed by atoms with Gasteiger partial charge in [0.05, 0.1) is 5.69 Å². The van der Waals surface area contributed by atoms with Crippen LogP contribution in [0.25, 0.3) is 0 Å². The fourth-order valence-corrected chi connectivity index (χ4v) is 2.87. The average Bonchev–Trinajstić information content (AvgIpc) is 2.39. The summed E-state index contributed by atoms with van der Waals surface area (Å²) in [4.78, 5) is 8.42. The second kappa shape index (κ2) is 5.33. The van der Waals surface area contributed by atoms with E-state index in [2.05, 4.69) is 16.9 Å². The molecule has 1 aliphatic rings. The van der Waals surface area contributed by atoms with Crippen molar-refractivity contribution in [2.24, 2.45) is 17.1 Å². The number of aryl methyl sites for hydroxylation is 1. The zero-order valence-corrected chi connectivity index (χ0v) is 11.3. The van der Waals surface area contributed by atoms with Crippen LogP contribution in [0.4, 0.5) is 0 Å². The minimum atomic E-state index is -0.573. The lowest BCUT2D eigenvalue weighted by molar-refractivity contribution is -0.0110. The van der Waals surface area contributed by atoms with Crippen LogP contribution < -0.4 is 5.73 Å². The van der Waals surface area contributed by atoms with Crippen LogP contribution in [0.15, 0.2) is 12.3 Å². The molecule has 0 bridgehead atoms. The highest BCUT2D eigenvalue weighted by molar-refractivity contribution is 5.10. The van der Waals surface area contributed by atoms with Crippen molar-refractivity contribution in [1.82, 2.24) is 9.97 Å². The van der Waals surface area contributed by atoms with Crippen LogP contribution in [0.5, 0.6) is 0 Å². The third-order valence-corrected chi connectivity index (χ3v) is 4.33. The van der Waals surface area contributed by atoms with Crippen LogP contribution in [-0.4, -0.2) is 21.6 Å². The first-order valence-corrected chi connectivity index (χ1v) is 6.75. The standard InChI is InChI=1S/C14H23N3O/c1-10-3-6-14(9-15,7-4-10)13(18)12-5-8-16-11(2)17-12/h5,8,10,13,18H,3-4,6-7,9,15H2,1-2H3. The largest absolute Gasteiger partial charge is 0.386 e. The van der Waals surface area contributed by atoms with Gasteiger partial charge in [0.25, 0.3) is 0 Å². The van der Waals surface area contributed by atoms with E-state index in [0.29, 0.717) is 18.1 Å². The van der Waals surface area contributed by atoms with Crippen molar-refractivity contribution in [3.8, 4) is 0 Å². The Hall–Kier alpha value is -1.00. The van der Waals surface area contributed by atoms with Gasteiger partial charge in [-0.3, -0.25) is 0 Å². The third kappa shape index (κ3) is 2.54. The Morgan fingerprint density at radius 1 is 1.50 bits per heavy atom. The quantitative estimate of drug-likeness (QED) is 0.859. The lowest BCUT2D eigenvalue weighted by Gasteiger charge is -2.41. The fraction of sp³-hybridized carbons (Fsp3) is 0.714. The molecule has 1 aromatic rings. The Kier molecular flexibility index (Phi) is 3.97. The molecule has 0 amide bonds. The van der Waals surface area contributed by atoms with Crippen LogP contribution in [0.2, 0.25) is 0 Å². The number of rotatable bonds is 3. The van der Waals surface area contributed by atoms with E-state index in [1.165, 1.54) is 0 Å². The van der Waals surface area contributed by atoms with Crippen molar-refractivity contribution in [1.29, 1.82) is 0 Å². The summed E-state index contributed by atoms with van der Waals surface area (Å²) in [5.74, 6) is 1.44. The van der Waals surface area contributed by atoms with Crippen LogP contribution in [0.3, 0.4) is 0 Å². The van der Waals surface area contributed by atoms with Gasteiger partial charge in [-0.25, -0.2) is 9.97 Å². The number of aliphatic hydroxyl groups excluding tert-OH is 1. The van der Waals surface area contributed by atoms with Crippen molar-refractivity contribution >= 4 is 0 Å². The highest BCUT2D eigenvalue weighted by Gasteiger charge is 2.40. The first-order chi connectivity index (χ1) is 8.57. The van der Waals surface area contributed by atoms with Crippen molar-refractivity contribution in [3.05, 3.63) is 23.8 Å². The predicted molar refractivity (Wildman–Crippen MR) is 70.8 cm³/mol. The molecule has 100 valence electrons. The summed E-state index contributed by atoms with van der Waals surface area (Å²) in [5.41, 5.74) is 6.47. The Bertz CT molecular complexity index is 400. The van der Waals surface area contributed by atoms with Crippen LogP contribution in [-0.2, 0) is 0 Å². The molecule has 1 fully saturated rings. The molecule has 1 heterocycles. The van der Waals surface area contributed by atoms with Crippen molar-refractivity contribution in [2.75, 3.05) is 6.54 Å². The zero-order chi connectivity index (χ0) is 13.2. The fourth-order valence-electron chi connectivity index (χ4n) is 2.87. The molecule has 0 spiro atoms. The Morgan fingerprint density at radius 2 is 2.17 bits per heavy atom. The summed E-state index contributed by atoms with van der Waals surface area (Å²) < 4.78 is 0. The number of nitrogens with zero attached hydrogens (tertiary/aromatic N) is 2. The summed E-state index contributed by atoms with van der Waals surface area (Å²) in [6.07, 6.45) is 5.37. The topological polar surface area (TPSA) is 72.0 Å². The first kappa shape index (κ1) is 13.4. The van der Waals surface area contributed by atoms with Gasteiger partial charge in [0, 0.05) is 18.2 Å². The number of aromatic nitrogens is 2. The zero-order valence-electron chi connectivity index (χ0n) is 11.3. The van der Waals surface area contributed by atoms with E-state index in [0.717, 1.165) is 31.6 Å². The highest BCUT2D eigenvalue weighted by Crippen LogP contribution is 2.46. The molecule has 1 aliphatic carbocycles. The van der Waals surface area contributed by atoms with Crippen molar-refractivity contribution in [3.63, 3.8) is 0 Å². The molecular weight excluding hydrogens is 226 g/mol. The number of aliphatic hydroxyl groups is 1. The summed E-state index contributed by atoms with van der Waals surface area (Å²) in [6, 6.07) is 1.80. The number of hydrogen-bond acceptors (Lipinski definition) is 4. The molecule has 1 aromatic heterocycles. The van der Waals surface area contributed by atoms with E-state index >= 15 is 0 Å². The smallest absolute Gasteiger partial charge is 0.125 e. The van der Waals surface area contributed by atoms with E-state index in [1.54, 1.807) is 12.3 Å². The maximum absolute atomic E-state index is 10.6. The van der Waals surface area contributed by atoms with Gasteiger partial charge in [0.15, 0.2) is 0 Å². The van der Waals surface area contributed by atoms with Crippen LogP contribution in [0.1, 0.15) is 50.2 Å². The molecular formula is C14H23N3O. The van der Waals surface area contributed by atoms with Gasteiger partial charge >= 0.3 is 0 Å². The lowest BCUT2D eigenvalue weighted by Crippen LogP contribution is -2.40. The molecule has 4 nitrogen and oxygen atoms in total. The molecule has 0 radical (unpaired) electrons. The highest BCUT2D eigenvalue weighted by atomic mass is 16.3. The van der Waals surface area contributed by atoms with Gasteiger partial charge in [-0.2, -0.15) is 0 Å². The average molecular weight is 249 g/mol. The Labute approximate surface area is 109 Å². The van der Waals surface area contributed by atoms with E-state index < -0.39 is 6.10 Å².